The van der Waals surface area contributed by atoms with Gasteiger partial charge in [0.2, 0.25) is 0 Å². The summed E-state index contributed by atoms with van der Waals surface area (Å²) in [6, 6.07) is 9.54. The first kappa shape index (κ1) is 21.3. The number of amides is 1. The molecule has 30 heavy (non-hydrogen) atoms. The predicted molar refractivity (Wildman–Crippen MR) is 113 cm³/mol. The van der Waals surface area contributed by atoms with E-state index in [0.717, 1.165) is 38.8 Å². The van der Waals surface area contributed by atoms with Gasteiger partial charge in [-0.05, 0) is 37.2 Å². The Kier molecular flexibility index (Phi) is 6.16. The van der Waals surface area contributed by atoms with Gasteiger partial charge >= 0.3 is 5.97 Å². The Balaban J connectivity index is 1.35. The first-order valence-electron chi connectivity index (χ1n) is 11.4. The average Bonchev–Trinajstić information content (AvgIpc) is 3.17. The van der Waals surface area contributed by atoms with Crippen LogP contribution in [0.15, 0.2) is 30.3 Å². The van der Waals surface area contributed by atoms with Crippen LogP contribution in [0.4, 0.5) is 0 Å². The number of nitrogens with one attached hydrogen (secondary N) is 1. The first-order valence-corrected chi connectivity index (χ1v) is 11.4. The number of rotatable bonds is 8. The SMILES string of the molecule is CCOC(=O)C(C)CN1CC2[C@@H](C1)[C@@H]2NC(=O)C(O)(c1ccccc1)C1CCCC1. The van der Waals surface area contributed by atoms with Crippen LogP contribution in [0.5, 0.6) is 0 Å². The van der Waals surface area contributed by atoms with Crippen molar-refractivity contribution in [1.29, 1.82) is 0 Å². The molecule has 1 aromatic rings. The van der Waals surface area contributed by atoms with Crippen molar-refractivity contribution in [2.75, 3.05) is 26.2 Å². The third-order valence-corrected chi connectivity index (χ3v) is 7.29. The molecule has 6 nitrogen and oxygen atoms in total. The molecule has 1 aromatic carbocycles. The maximum atomic E-state index is 13.3. The minimum atomic E-state index is -1.45. The van der Waals surface area contributed by atoms with Gasteiger partial charge in [0, 0.05) is 31.6 Å². The third-order valence-electron chi connectivity index (χ3n) is 7.29. The number of ether oxygens (including phenoxy) is 1. The fourth-order valence-electron chi connectivity index (χ4n) is 5.57. The summed E-state index contributed by atoms with van der Waals surface area (Å²) >= 11 is 0. The van der Waals surface area contributed by atoms with E-state index >= 15 is 0 Å². The molecule has 2 N–H and O–H groups in total. The minimum Gasteiger partial charge on any atom is -0.466 e. The molecule has 5 atom stereocenters. The molecule has 0 spiro atoms. The quantitative estimate of drug-likeness (QED) is 0.638. The van der Waals surface area contributed by atoms with Gasteiger partial charge in [0.15, 0.2) is 5.60 Å². The lowest BCUT2D eigenvalue weighted by molar-refractivity contribution is -0.148. The summed E-state index contributed by atoms with van der Waals surface area (Å²) < 4.78 is 5.10. The Hall–Kier alpha value is -1.92. The summed E-state index contributed by atoms with van der Waals surface area (Å²) in [5, 5.41) is 14.8. The molecule has 0 radical (unpaired) electrons. The Morgan fingerprint density at radius 3 is 2.43 bits per heavy atom. The molecule has 1 amide bonds. The summed E-state index contributed by atoms with van der Waals surface area (Å²) in [6.07, 6.45) is 3.90. The zero-order valence-electron chi connectivity index (χ0n) is 18.0. The molecule has 4 rings (SSSR count). The number of likely N-dealkylation sites (tertiary alicyclic amines) is 1. The number of nitrogens with zero attached hydrogens (tertiary/aromatic N) is 1. The van der Waals surface area contributed by atoms with Gasteiger partial charge in [-0.25, -0.2) is 0 Å². The molecule has 2 saturated carbocycles. The van der Waals surface area contributed by atoms with E-state index in [0.29, 0.717) is 30.6 Å². The van der Waals surface area contributed by atoms with Crippen LogP contribution in [0.3, 0.4) is 0 Å². The van der Waals surface area contributed by atoms with Crippen LogP contribution < -0.4 is 5.32 Å². The number of carbonyl (C=O) groups is 2. The second-order valence-electron chi connectivity index (χ2n) is 9.31. The Labute approximate surface area is 179 Å². The molecule has 1 aliphatic heterocycles. The number of carbonyl (C=O) groups excluding carboxylic acids is 2. The highest BCUT2D eigenvalue weighted by atomic mass is 16.5. The lowest BCUT2D eigenvalue weighted by Gasteiger charge is -2.34. The van der Waals surface area contributed by atoms with E-state index in [-0.39, 0.29) is 29.8 Å². The normalized spacial score (nSPS) is 29.1. The molecular formula is C24H34N2O4. The van der Waals surface area contributed by atoms with E-state index < -0.39 is 5.60 Å². The van der Waals surface area contributed by atoms with Crippen LogP contribution in [0.1, 0.15) is 45.1 Å². The van der Waals surface area contributed by atoms with Gasteiger partial charge in [0.1, 0.15) is 0 Å². The lowest BCUT2D eigenvalue weighted by Crippen LogP contribution is -2.51. The number of fused-ring (bicyclic) bond motifs is 1. The van der Waals surface area contributed by atoms with E-state index in [4.69, 9.17) is 4.74 Å². The lowest BCUT2D eigenvalue weighted by atomic mass is 9.79. The average molecular weight is 415 g/mol. The number of hydrogen-bond acceptors (Lipinski definition) is 5. The van der Waals surface area contributed by atoms with E-state index in [1.165, 1.54) is 0 Å². The van der Waals surface area contributed by atoms with Gasteiger partial charge in [-0.15, -0.1) is 0 Å². The molecule has 1 saturated heterocycles. The van der Waals surface area contributed by atoms with E-state index in [1.54, 1.807) is 0 Å². The summed E-state index contributed by atoms with van der Waals surface area (Å²) in [6.45, 7) is 6.60. The molecule has 3 unspecified atom stereocenters. The van der Waals surface area contributed by atoms with Crippen LogP contribution in [-0.2, 0) is 19.9 Å². The van der Waals surface area contributed by atoms with Crippen molar-refractivity contribution >= 4 is 11.9 Å². The van der Waals surface area contributed by atoms with Crippen molar-refractivity contribution in [3.8, 4) is 0 Å². The molecule has 0 aromatic heterocycles. The molecular weight excluding hydrogens is 380 g/mol. The smallest absolute Gasteiger partial charge is 0.309 e. The second-order valence-corrected chi connectivity index (χ2v) is 9.31. The highest BCUT2D eigenvalue weighted by Gasteiger charge is 2.58. The monoisotopic (exact) mass is 414 g/mol. The zero-order valence-corrected chi connectivity index (χ0v) is 18.0. The summed E-state index contributed by atoms with van der Waals surface area (Å²) in [5.74, 6) is 0.263. The fraction of sp³-hybridized carbons (Fsp3) is 0.667. The molecule has 2 aliphatic carbocycles. The van der Waals surface area contributed by atoms with E-state index in [1.807, 2.05) is 44.2 Å². The summed E-state index contributed by atoms with van der Waals surface area (Å²) in [5.41, 5.74) is -0.752. The highest BCUT2D eigenvalue weighted by Crippen LogP contribution is 2.47. The largest absolute Gasteiger partial charge is 0.466 e. The van der Waals surface area contributed by atoms with Crippen LogP contribution >= 0.6 is 0 Å². The molecule has 3 aliphatic rings. The molecule has 0 bridgehead atoms. The number of benzene rings is 1. The number of hydrogen-bond donors (Lipinski definition) is 2. The van der Waals surface area contributed by atoms with Crippen molar-refractivity contribution in [2.24, 2.45) is 23.7 Å². The Morgan fingerprint density at radius 1 is 1.20 bits per heavy atom. The zero-order chi connectivity index (χ0) is 21.3. The highest BCUT2D eigenvalue weighted by molar-refractivity contribution is 5.87. The van der Waals surface area contributed by atoms with E-state index in [9.17, 15) is 14.7 Å². The van der Waals surface area contributed by atoms with Gasteiger partial charge in [-0.1, -0.05) is 50.1 Å². The number of esters is 1. The minimum absolute atomic E-state index is 0.0274. The van der Waals surface area contributed by atoms with E-state index in [2.05, 4.69) is 10.2 Å². The topological polar surface area (TPSA) is 78.9 Å². The Bertz CT molecular complexity index is 752. The summed E-state index contributed by atoms with van der Waals surface area (Å²) in [7, 11) is 0. The van der Waals surface area contributed by atoms with Gasteiger partial charge in [-0.3, -0.25) is 9.59 Å². The predicted octanol–water partition coefficient (Wildman–Crippen LogP) is 2.31. The summed E-state index contributed by atoms with van der Waals surface area (Å²) in [4.78, 5) is 27.5. The second kappa shape index (κ2) is 8.67. The van der Waals surface area contributed by atoms with Crippen molar-refractivity contribution < 1.29 is 19.4 Å². The van der Waals surface area contributed by atoms with Crippen molar-refractivity contribution in [1.82, 2.24) is 10.2 Å². The van der Waals surface area contributed by atoms with Crippen LogP contribution in [-0.4, -0.2) is 54.2 Å². The number of aliphatic hydroxyl groups is 1. The standard InChI is InChI=1S/C24H34N2O4/c1-3-30-22(27)16(2)13-26-14-19-20(15-26)21(19)25-23(28)24(29,18-11-7-8-12-18)17-9-5-4-6-10-17/h4-6,9-10,16,18-21,29H,3,7-8,11-15H2,1-2H3,(H,25,28)/t16?,19-,20?,21+,24?/m1/s1. The van der Waals surface area contributed by atoms with Crippen LogP contribution in [0.2, 0.25) is 0 Å². The van der Waals surface area contributed by atoms with Crippen molar-refractivity contribution in [3.63, 3.8) is 0 Å². The van der Waals surface area contributed by atoms with Gasteiger partial charge in [-0.2, -0.15) is 0 Å². The van der Waals surface area contributed by atoms with Crippen molar-refractivity contribution in [3.05, 3.63) is 35.9 Å². The van der Waals surface area contributed by atoms with Crippen LogP contribution in [0, 0.1) is 23.7 Å². The Morgan fingerprint density at radius 2 is 1.83 bits per heavy atom. The molecule has 3 fully saturated rings. The first-order chi connectivity index (χ1) is 14.4. The maximum absolute atomic E-state index is 13.3. The third kappa shape index (κ3) is 4.00. The van der Waals surface area contributed by atoms with Gasteiger partial charge in [0.05, 0.1) is 12.5 Å². The van der Waals surface area contributed by atoms with Gasteiger partial charge in [0.25, 0.3) is 5.91 Å². The molecule has 6 heteroatoms. The molecule has 164 valence electrons. The fourth-order valence-corrected chi connectivity index (χ4v) is 5.57. The number of piperidine rings is 1. The molecule has 1 heterocycles. The van der Waals surface area contributed by atoms with Gasteiger partial charge < -0.3 is 20.1 Å². The van der Waals surface area contributed by atoms with Crippen LogP contribution in [0.25, 0.3) is 0 Å². The maximum Gasteiger partial charge on any atom is 0.309 e. The van der Waals surface area contributed by atoms with Crippen molar-refractivity contribution in [2.45, 2.75) is 51.2 Å².